The zero-order valence-corrected chi connectivity index (χ0v) is 11.3. The Labute approximate surface area is 115 Å². The van der Waals surface area contributed by atoms with Crippen LogP contribution in [-0.2, 0) is 0 Å². The van der Waals surface area contributed by atoms with Gasteiger partial charge in [0.25, 0.3) is 0 Å². The van der Waals surface area contributed by atoms with E-state index in [1.165, 1.54) is 6.42 Å². The minimum atomic E-state index is -0.165. The lowest BCUT2D eigenvalue weighted by atomic mass is 9.82. The Kier molecular flexibility index (Phi) is 4.95. The highest BCUT2D eigenvalue weighted by atomic mass is 16.3. The SMILES string of the molecule is N#CC(CNC1(CO)CCCCC1)c1ccccc1. The van der Waals surface area contributed by atoms with Crippen molar-refractivity contribution >= 4 is 0 Å². The van der Waals surface area contributed by atoms with E-state index in [0.717, 1.165) is 31.2 Å². The fourth-order valence-electron chi connectivity index (χ4n) is 2.86. The second-order valence-electron chi connectivity index (χ2n) is 5.47. The van der Waals surface area contributed by atoms with Crippen LogP contribution in [0.2, 0.25) is 0 Å². The summed E-state index contributed by atoms with van der Waals surface area (Å²) >= 11 is 0. The summed E-state index contributed by atoms with van der Waals surface area (Å²) < 4.78 is 0. The van der Waals surface area contributed by atoms with E-state index in [1.54, 1.807) is 0 Å². The van der Waals surface area contributed by atoms with Crippen molar-refractivity contribution in [3.63, 3.8) is 0 Å². The lowest BCUT2D eigenvalue weighted by Gasteiger charge is -2.37. The van der Waals surface area contributed by atoms with Gasteiger partial charge in [0.1, 0.15) is 0 Å². The number of nitriles is 1. The molecule has 0 bridgehead atoms. The first-order valence-corrected chi connectivity index (χ1v) is 7.10. The van der Waals surface area contributed by atoms with Crippen LogP contribution in [0, 0.1) is 11.3 Å². The lowest BCUT2D eigenvalue weighted by molar-refractivity contribution is 0.121. The highest BCUT2D eigenvalue weighted by molar-refractivity contribution is 5.25. The first-order valence-electron chi connectivity index (χ1n) is 7.10. The largest absolute Gasteiger partial charge is 0.394 e. The minimum absolute atomic E-state index is 0.147. The van der Waals surface area contributed by atoms with Gasteiger partial charge in [0, 0.05) is 12.1 Å². The van der Waals surface area contributed by atoms with Gasteiger partial charge in [0.2, 0.25) is 0 Å². The van der Waals surface area contributed by atoms with Gasteiger partial charge in [-0.1, -0.05) is 49.6 Å². The van der Waals surface area contributed by atoms with E-state index in [1.807, 2.05) is 30.3 Å². The molecule has 2 N–H and O–H groups in total. The second kappa shape index (κ2) is 6.70. The van der Waals surface area contributed by atoms with Gasteiger partial charge in [-0.2, -0.15) is 5.26 Å². The molecule has 1 aliphatic carbocycles. The van der Waals surface area contributed by atoms with Crippen LogP contribution in [0.3, 0.4) is 0 Å². The summed E-state index contributed by atoms with van der Waals surface area (Å²) in [6, 6.07) is 12.2. The molecule has 0 aromatic heterocycles. The van der Waals surface area contributed by atoms with Crippen LogP contribution in [0.5, 0.6) is 0 Å². The maximum absolute atomic E-state index is 9.65. The number of nitrogens with one attached hydrogen (secondary N) is 1. The quantitative estimate of drug-likeness (QED) is 0.853. The Balaban J connectivity index is 1.98. The van der Waals surface area contributed by atoms with Gasteiger partial charge in [-0.25, -0.2) is 0 Å². The third-order valence-electron chi connectivity index (χ3n) is 4.15. The van der Waals surface area contributed by atoms with Crippen LogP contribution in [0.15, 0.2) is 30.3 Å². The van der Waals surface area contributed by atoms with Crippen molar-refractivity contribution in [2.45, 2.75) is 43.6 Å². The molecule has 1 aromatic rings. The first-order chi connectivity index (χ1) is 9.29. The normalized spacial score (nSPS) is 19.6. The van der Waals surface area contributed by atoms with Crippen molar-refractivity contribution in [1.29, 1.82) is 5.26 Å². The van der Waals surface area contributed by atoms with Crippen LogP contribution in [0.4, 0.5) is 0 Å². The fraction of sp³-hybridized carbons (Fsp3) is 0.562. The molecule has 0 heterocycles. The van der Waals surface area contributed by atoms with Gasteiger partial charge < -0.3 is 10.4 Å². The Hall–Kier alpha value is -1.37. The second-order valence-corrected chi connectivity index (χ2v) is 5.47. The molecule has 0 radical (unpaired) electrons. The topological polar surface area (TPSA) is 56.0 Å². The average molecular weight is 258 g/mol. The van der Waals surface area contributed by atoms with Crippen LogP contribution in [-0.4, -0.2) is 23.8 Å². The van der Waals surface area contributed by atoms with Gasteiger partial charge in [0.15, 0.2) is 0 Å². The average Bonchev–Trinajstić information content (AvgIpc) is 2.50. The predicted molar refractivity (Wildman–Crippen MR) is 75.7 cm³/mol. The van der Waals surface area contributed by atoms with Crippen molar-refractivity contribution in [2.75, 3.05) is 13.2 Å². The summed E-state index contributed by atoms with van der Waals surface area (Å²) in [5.41, 5.74) is 0.878. The molecule has 102 valence electrons. The van der Waals surface area contributed by atoms with Crippen LogP contribution in [0.25, 0.3) is 0 Å². The molecule has 3 heteroatoms. The molecule has 0 saturated heterocycles. The Morgan fingerprint density at radius 2 is 1.89 bits per heavy atom. The lowest BCUT2D eigenvalue weighted by Crippen LogP contribution is -2.51. The molecule has 0 spiro atoms. The van der Waals surface area contributed by atoms with Crippen molar-refractivity contribution in [2.24, 2.45) is 0 Å². The summed E-state index contributed by atoms with van der Waals surface area (Å²) in [6.07, 6.45) is 5.60. The van der Waals surface area contributed by atoms with Crippen LogP contribution in [0.1, 0.15) is 43.6 Å². The fourth-order valence-corrected chi connectivity index (χ4v) is 2.86. The molecule has 1 aromatic carbocycles. The van der Waals surface area contributed by atoms with Gasteiger partial charge in [-0.3, -0.25) is 0 Å². The molecule has 19 heavy (non-hydrogen) atoms. The molecular formula is C16H22N2O. The van der Waals surface area contributed by atoms with E-state index in [9.17, 15) is 10.4 Å². The Morgan fingerprint density at radius 3 is 2.47 bits per heavy atom. The number of hydrogen-bond acceptors (Lipinski definition) is 3. The monoisotopic (exact) mass is 258 g/mol. The van der Waals surface area contributed by atoms with Gasteiger partial charge in [-0.15, -0.1) is 0 Å². The summed E-state index contributed by atoms with van der Waals surface area (Å²) in [6.45, 7) is 0.779. The molecule has 0 aliphatic heterocycles. The summed E-state index contributed by atoms with van der Waals surface area (Å²) in [4.78, 5) is 0. The molecule has 0 amide bonds. The highest BCUT2D eigenvalue weighted by Crippen LogP contribution is 2.28. The third-order valence-corrected chi connectivity index (χ3v) is 4.15. The maximum atomic E-state index is 9.65. The van der Waals surface area contributed by atoms with E-state index in [-0.39, 0.29) is 18.1 Å². The standard InChI is InChI=1S/C16H22N2O/c17-11-15(14-7-3-1-4-8-14)12-18-16(13-19)9-5-2-6-10-16/h1,3-4,7-8,15,18-19H,2,5-6,9-10,12-13H2. The summed E-state index contributed by atoms with van der Waals surface area (Å²) in [7, 11) is 0. The van der Waals surface area contributed by atoms with Gasteiger partial charge in [-0.05, 0) is 18.4 Å². The number of aliphatic hydroxyl groups excluding tert-OH is 1. The maximum Gasteiger partial charge on any atom is 0.0837 e. The van der Waals surface area contributed by atoms with Crippen LogP contribution < -0.4 is 5.32 Å². The van der Waals surface area contributed by atoms with Crippen molar-refractivity contribution in [3.8, 4) is 6.07 Å². The molecule has 2 rings (SSSR count). The summed E-state index contributed by atoms with van der Waals surface area (Å²) in [5, 5.41) is 22.4. The minimum Gasteiger partial charge on any atom is -0.394 e. The zero-order chi connectivity index (χ0) is 13.6. The van der Waals surface area contributed by atoms with E-state index in [2.05, 4.69) is 11.4 Å². The summed E-state index contributed by atoms with van der Waals surface area (Å²) in [5.74, 6) is -0.147. The van der Waals surface area contributed by atoms with E-state index in [4.69, 9.17) is 0 Å². The smallest absolute Gasteiger partial charge is 0.0837 e. The van der Waals surface area contributed by atoms with E-state index >= 15 is 0 Å². The van der Waals surface area contributed by atoms with E-state index in [0.29, 0.717) is 6.54 Å². The Morgan fingerprint density at radius 1 is 1.21 bits per heavy atom. The third kappa shape index (κ3) is 3.56. The number of nitrogens with zero attached hydrogens (tertiary/aromatic N) is 1. The van der Waals surface area contributed by atoms with Gasteiger partial charge in [0.05, 0.1) is 18.6 Å². The number of benzene rings is 1. The number of rotatable bonds is 5. The molecule has 1 unspecified atom stereocenters. The molecule has 1 aliphatic rings. The van der Waals surface area contributed by atoms with Crippen molar-refractivity contribution in [1.82, 2.24) is 5.32 Å². The highest BCUT2D eigenvalue weighted by Gasteiger charge is 2.31. The van der Waals surface area contributed by atoms with Crippen molar-refractivity contribution in [3.05, 3.63) is 35.9 Å². The zero-order valence-electron chi connectivity index (χ0n) is 11.3. The molecule has 1 saturated carbocycles. The molecular weight excluding hydrogens is 236 g/mol. The number of hydrogen-bond donors (Lipinski definition) is 2. The molecule has 3 nitrogen and oxygen atoms in total. The first kappa shape index (κ1) is 14.0. The molecule has 1 atom stereocenters. The van der Waals surface area contributed by atoms with E-state index < -0.39 is 0 Å². The van der Waals surface area contributed by atoms with Crippen LogP contribution >= 0.6 is 0 Å². The number of aliphatic hydroxyl groups is 1. The molecule has 1 fully saturated rings. The Bertz CT molecular complexity index is 418. The van der Waals surface area contributed by atoms with Crippen molar-refractivity contribution < 1.29 is 5.11 Å². The van der Waals surface area contributed by atoms with Gasteiger partial charge >= 0.3 is 0 Å². The predicted octanol–water partition coefficient (Wildman–Crippen LogP) is 2.58.